The molecule has 0 nitrogen and oxygen atoms in total. The first-order valence-electron chi connectivity index (χ1n) is 17.9. The Hall–Kier alpha value is -3.26. The van der Waals surface area contributed by atoms with Gasteiger partial charge in [-0.3, -0.25) is 0 Å². The van der Waals surface area contributed by atoms with Gasteiger partial charge in [-0.05, 0) is 44.0 Å². The van der Waals surface area contributed by atoms with Crippen molar-refractivity contribution in [1.82, 2.24) is 0 Å². The van der Waals surface area contributed by atoms with E-state index in [1.807, 2.05) is 0 Å². The molecule has 0 fully saturated rings. The van der Waals surface area contributed by atoms with Crippen molar-refractivity contribution in [3.63, 3.8) is 0 Å². The van der Waals surface area contributed by atoms with Crippen molar-refractivity contribution in [2.24, 2.45) is 0 Å². The summed E-state index contributed by atoms with van der Waals surface area (Å²) in [6, 6.07) is 51.1. The van der Waals surface area contributed by atoms with Crippen LogP contribution in [0.4, 0.5) is 0 Å². The van der Waals surface area contributed by atoms with Gasteiger partial charge in [-0.1, -0.05) is 163 Å². The Balaban J connectivity index is 0.000000175. The number of fused-ring (bicyclic) bond motifs is 4. The van der Waals surface area contributed by atoms with Gasteiger partial charge in [0.2, 0.25) is 0 Å². The Labute approximate surface area is 332 Å². The third-order valence-electron chi connectivity index (χ3n) is 9.44. The van der Waals surface area contributed by atoms with E-state index in [1.54, 1.807) is 0 Å². The first-order valence-corrected chi connectivity index (χ1v) is 26.3. The number of aryl methyl sites for hydroxylation is 1. The van der Waals surface area contributed by atoms with Gasteiger partial charge < -0.3 is 0 Å². The van der Waals surface area contributed by atoms with Gasteiger partial charge in [0.05, 0.1) is 0 Å². The van der Waals surface area contributed by atoms with Crippen molar-refractivity contribution in [3.8, 4) is 22.3 Å². The minimum atomic E-state index is -0.826. The fourth-order valence-corrected chi connectivity index (χ4v) is 7.08. The average Bonchev–Trinajstić information content (AvgIpc) is 3.75. The monoisotopic (exact) mass is 812 g/mol. The Bertz CT molecular complexity index is 2380. The summed E-state index contributed by atoms with van der Waals surface area (Å²) in [5.74, 6) is 0.563. The van der Waals surface area contributed by atoms with Gasteiger partial charge in [-0.2, -0.15) is 12.1 Å². The zero-order chi connectivity index (χ0) is 37.4. The van der Waals surface area contributed by atoms with E-state index >= 15 is 0 Å². The number of rotatable bonds is 3. The molecule has 0 aromatic heterocycles. The summed E-state index contributed by atoms with van der Waals surface area (Å²) in [5.41, 5.74) is 9.65. The Morgan fingerprint density at radius 1 is 0.577 bits per heavy atom. The second-order valence-electron chi connectivity index (χ2n) is 14.6. The van der Waals surface area contributed by atoms with E-state index in [9.17, 15) is 0 Å². The van der Waals surface area contributed by atoms with Crippen LogP contribution < -0.4 is 0 Å². The molecule has 0 spiro atoms. The molecule has 8 aromatic carbocycles. The van der Waals surface area contributed by atoms with Crippen LogP contribution >= 0.6 is 17.0 Å². The molecule has 8 rings (SSSR count). The van der Waals surface area contributed by atoms with Gasteiger partial charge >= 0.3 is 37.9 Å². The summed E-state index contributed by atoms with van der Waals surface area (Å²) in [7, 11) is 11.0. The molecule has 0 unspecified atom stereocenters. The van der Waals surface area contributed by atoms with Crippen LogP contribution in [0.25, 0.3) is 65.3 Å². The molecule has 0 N–H and O–H groups in total. The first-order chi connectivity index (χ1) is 25.0. The van der Waals surface area contributed by atoms with Crippen molar-refractivity contribution in [3.05, 3.63) is 156 Å². The molecule has 0 aliphatic heterocycles. The molecule has 0 bridgehead atoms. The van der Waals surface area contributed by atoms with Crippen LogP contribution in [0.5, 0.6) is 0 Å². The predicted octanol–water partition coefficient (Wildman–Crippen LogP) is 15.7. The van der Waals surface area contributed by atoms with Gasteiger partial charge in [0.1, 0.15) is 0 Å². The van der Waals surface area contributed by atoms with Crippen LogP contribution in [-0.2, 0) is 26.3 Å². The number of benzene rings is 6. The second-order valence-corrected chi connectivity index (χ2v) is 19.4. The van der Waals surface area contributed by atoms with E-state index in [-0.39, 0.29) is 5.41 Å². The van der Waals surface area contributed by atoms with Gasteiger partial charge in [0.15, 0.2) is 0 Å². The Kier molecular flexibility index (Phi) is 14.0. The zero-order valence-electron chi connectivity index (χ0n) is 31.6. The maximum atomic E-state index is 4.93. The molecule has 0 aliphatic rings. The molecule has 0 heterocycles. The molecule has 0 aliphatic carbocycles. The maximum absolute atomic E-state index is 4.93. The standard InChI is InChI=1S/C24H23.C22H19.C2H6Si.2ClH.Zr/c1-16-14-21-20(12-13-23(22(21)15-16)24(2,3)4)19-11-7-9-17-8-5-6-10-18(17)19;1-15(2)18-13-17-9-6-12-21(22(17)14-18)20-11-5-8-16-7-3-4-10-19(16)20;1-3-2;;;/h5-15H,1-4H3;3-15H,1-2H3;1-2H3;2*1H;/q2*-1;;;;+4/p-2. The van der Waals surface area contributed by atoms with Crippen molar-refractivity contribution in [1.29, 1.82) is 0 Å². The van der Waals surface area contributed by atoms with Crippen molar-refractivity contribution in [2.45, 2.75) is 66.0 Å². The fourth-order valence-electron chi connectivity index (χ4n) is 7.08. The molecule has 262 valence electrons. The molecule has 0 atom stereocenters. The predicted molar refractivity (Wildman–Crippen MR) is 232 cm³/mol. The molecule has 52 heavy (non-hydrogen) atoms. The van der Waals surface area contributed by atoms with Gasteiger partial charge in [-0.25, -0.2) is 0 Å². The van der Waals surface area contributed by atoms with E-state index < -0.39 is 20.8 Å². The third kappa shape index (κ3) is 9.09. The minimum absolute atomic E-state index is 0.149. The van der Waals surface area contributed by atoms with E-state index in [0.717, 1.165) is 9.52 Å². The number of hydrogen-bond donors (Lipinski definition) is 0. The first kappa shape index (κ1) is 39.9. The molecule has 0 saturated heterocycles. The fraction of sp³-hybridized carbons (Fsp3) is 0.208. The Morgan fingerprint density at radius 2 is 1.04 bits per heavy atom. The number of hydrogen-bond acceptors (Lipinski definition) is 0. The summed E-state index contributed by atoms with van der Waals surface area (Å²) in [6.45, 7) is 17.9. The molecule has 0 amide bonds. The van der Waals surface area contributed by atoms with Crippen LogP contribution in [-0.4, -0.2) is 9.52 Å². The normalized spacial score (nSPS) is 11.1. The van der Waals surface area contributed by atoms with Crippen molar-refractivity contribution in [2.75, 3.05) is 0 Å². The van der Waals surface area contributed by atoms with Crippen molar-refractivity contribution < 1.29 is 20.8 Å². The van der Waals surface area contributed by atoms with Crippen LogP contribution in [0.15, 0.2) is 140 Å². The molecular formula is C48H48Cl2SiZr. The summed E-state index contributed by atoms with van der Waals surface area (Å²) in [6.07, 6.45) is 0. The molecule has 8 aromatic rings. The van der Waals surface area contributed by atoms with Crippen LogP contribution in [0.2, 0.25) is 13.1 Å². The van der Waals surface area contributed by atoms with Gasteiger partial charge in [0.25, 0.3) is 0 Å². The quantitative estimate of drug-likeness (QED) is 0.123. The SMILES string of the molecule is CC(C)c1cc2c(-c3cccc4ccccc34)cccc2[cH-]1.C[Si]C.Cc1cc2c(-c3cccc4ccccc34)ccc(C(C)(C)C)c2[cH-]1.[Cl][Zr+2][Cl]. The van der Waals surface area contributed by atoms with Gasteiger partial charge in [-0.15, -0.1) is 68.6 Å². The van der Waals surface area contributed by atoms with Crippen LogP contribution in [0, 0.1) is 6.92 Å². The summed E-state index contributed by atoms with van der Waals surface area (Å²) >= 11 is -0.826. The summed E-state index contributed by atoms with van der Waals surface area (Å²) < 4.78 is 0. The molecule has 0 saturated carbocycles. The van der Waals surface area contributed by atoms with E-state index in [4.69, 9.17) is 17.0 Å². The topological polar surface area (TPSA) is 0 Å². The second kappa shape index (κ2) is 18.2. The molecule has 4 heteroatoms. The zero-order valence-corrected chi connectivity index (χ0v) is 36.6. The average molecular weight is 815 g/mol. The van der Waals surface area contributed by atoms with E-state index in [0.29, 0.717) is 5.92 Å². The number of halogens is 2. The van der Waals surface area contributed by atoms with Crippen LogP contribution in [0.3, 0.4) is 0 Å². The van der Waals surface area contributed by atoms with Gasteiger partial charge in [0, 0.05) is 9.52 Å². The summed E-state index contributed by atoms with van der Waals surface area (Å²) in [4.78, 5) is 0. The molecule has 2 radical (unpaired) electrons. The van der Waals surface area contributed by atoms with E-state index in [1.165, 1.54) is 82.0 Å². The molecular weight excluding hydrogens is 767 g/mol. The third-order valence-corrected chi connectivity index (χ3v) is 9.44. The summed E-state index contributed by atoms with van der Waals surface area (Å²) in [5, 5.41) is 10.7. The van der Waals surface area contributed by atoms with Crippen LogP contribution in [0.1, 0.15) is 57.2 Å². The van der Waals surface area contributed by atoms with Crippen molar-refractivity contribution >= 4 is 69.6 Å². The van der Waals surface area contributed by atoms with E-state index in [2.05, 4.69) is 194 Å². The Morgan fingerprint density at radius 3 is 1.56 bits per heavy atom.